The first kappa shape index (κ1) is 9.87. The highest BCUT2D eigenvalue weighted by Gasteiger charge is 2.09. The van der Waals surface area contributed by atoms with Crippen molar-refractivity contribution in [2.24, 2.45) is 0 Å². The van der Waals surface area contributed by atoms with Gasteiger partial charge in [-0.3, -0.25) is 0 Å². The molecule has 0 atom stereocenters. The molecule has 2 aromatic rings. The lowest BCUT2D eigenvalue weighted by atomic mass is 10.1. The van der Waals surface area contributed by atoms with E-state index in [1.165, 1.54) is 16.0 Å². The Bertz CT molecular complexity index is 462. The molecule has 1 aromatic carbocycles. The predicted octanol–water partition coefficient (Wildman–Crippen LogP) is 4.19. The van der Waals surface area contributed by atoms with Gasteiger partial charge in [-0.05, 0) is 40.9 Å². The Morgan fingerprint density at radius 1 is 1.21 bits per heavy atom. The summed E-state index contributed by atoms with van der Waals surface area (Å²) in [7, 11) is 0. The summed E-state index contributed by atoms with van der Waals surface area (Å²) >= 11 is 5.10. The summed E-state index contributed by atoms with van der Waals surface area (Å²) in [4.78, 5) is 5.62. The van der Waals surface area contributed by atoms with E-state index in [0.29, 0.717) is 0 Å². The van der Waals surface area contributed by atoms with E-state index in [-0.39, 0.29) is 0 Å². The van der Waals surface area contributed by atoms with E-state index in [9.17, 15) is 0 Å². The number of hydrogen-bond donors (Lipinski definition) is 0. The van der Waals surface area contributed by atoms with Crippen LogP contribution in [0.1, 0.15) is 11.3 Å². The number of rotatable bonds is 1. The monoisotopic (exact) mass is 267 g/mol. The third-order valence-corrected chi connectivity index (χ3v) is 3.80. The Labute approximate surface area is 95.9 Å². The predicted molar refractivity (Wildman–Crippen MR) is 64.7 cm³/mol. The van der Waals surface area contributed by atoms with Crippen LogP contribution in [0.4, 0.5) is 0 Å². The SMILES string of the molecule is Cc1ccccc1-c1sc(Br)nc1C. The van der Waals surface area contributed by atoms with E-state index in [1.807, 2.05) is 6.92 Å². The van der Waals surface area contributed by atoms with Crippen molar-refractivity contribution < 1.29 is 0 Å². The van der Waals surface area contributed by atoms with Crippen molar-refractivity contribution >= 4 is 27.3 Å². The van der Waals surface area contributed by atoms with Crippen LogP contribution in [-0.2, 0) is 0 Å². The number of halogens is 1. The van der Waals surface area contributed by atoms with Crippen molar-refractivity contribution in [1.82, 2.24) is 4.98 Å². The van der Waals surface area contributed by atoms with Gasteiger partial charge >= 0.3 is 0 Å². The molecular formula is C11H10BrNS. The lowest BCUT2D eigenvalue weighted by molar-refractivity contribution is 1.24. The number of thiazole rings is 1. The van der Waals surface area contributed by atoms with E-state index >= 15 is 0 Å². The van der Waals surface area contributed by atoms with Crippen molar-refractivity contribution in [2.45, 2.75) is 13.8 Å². The van der Waals surface area contributed by atoms with Crippen LogP contribution in [0.25, 0.3) is 10.4 Å². The largest absolute Gasteiger partial charge is 0.234 e. The van der Waals surface area contributed by atoms with Crippen molar-refractivity contribution in [3.8, 4) is 10.4 Å². The van der Waals surface area contributed by atoms with Gasteiger partial charge in [-0.25, -0.2) is 4.98 Å². The zero-order valence-corrected chi connectivity index (χ0v) is 10.4. The van der Waals surface area contributed by atoms with E-state index in [2.05, 4.69) is 52.1 Å². The van der Waals surface area contributed by atoms with Gasteiger partial charge in [0, 0.05) is 0 Å². The Hall–Kier alpha value is -0.670. The van der Waals surface area contributed by atoms with Crippen LogP contribution in [0.3, 0.4) is 0 Å². The van der Waals surface area contributed by atoms with Crippen LogP contribution in [-0.4, -0.2) is 4.98 Å². The van der Waals surface area contributed by atoms with Crippen molar-refractivity contribution in [1.29, 1.82) is 0 Å². The maximum absolute atomic E-state index is 4.36. The molecule has 0 amide bonds. The molecule has 0 aliphatic heterocycles. The molecule has 14 heavy (non-hydrogen) atoms. The lowest BCUT2D eigenvalue weighted by Gasteiger charge is -2.02. The molecule has 2 rings (SSSR count). The quantitative estimate of drug-likeness (QED) is 0.755. The molecule has 1 nitrogen and oxygen atoms in total. The summed E-state index contributed by atoms with van der Waals surface area (Å²) in [5.41, 5.74) is 3.68. The molecule has 0 unspecified atom stereocenters. The molecule has 0 N–H and O–H groups in total. The van der Waals surface area contributed by atoms with E-state index < -0.39 is 0 Å². The summed E-state index contributed by atoms with van der Waals surface area (Å²) in [6.07, 6.45) is 0. The van der Waals surface area contributed by atoms with Crippen molar-refractivity contribution in [3.63, 3.8) is 0 Å². The van der Waals surface area contributed by atoms with E-state index in [0.717, 1.165) is 9.61 Å². The maximum atomic E-state index is 4.36. The molecule has 0 spiro atoms. The van der Waals surface area contributed by atoms with Gasteiger partial charge in [0.1, 0.15) is 0 Å². The minimum Gasteiger partial charge on any atom is -0.234 e. The molecule has 72 valence electrons. The van der Waals surface area contributed by atoms with Crippen LogP contribution in [0.2, 0.25) is 0 Å². The summed E-state index contributed by atoms with van der Waals surface area (Å²) in [6, 6.07) is 8.39. The van der Waals surface area contributed by atoms with Gasteiger partial charge < -0.3 is 0 Å². The smallest absolute Gasteiger partial charge is 0.159 e. The van der Waals surface area contributed by atoms with Crippen LogP contribution >= 0.6 is 27.3 Å². The number of aryl methyl sites for hydroxylation is 2. The fraction of sp³-hybridized carbons (Fsp3) is 0.182. The number of nitrogens with zero attached hydrogens (tertiary/aromatic N) is 1. The van der Waals surface area contributed by atoms with Gasteiger partial charge in [0.05, 0.1) is 10.6 Å². The maximum Gasteiger partial charge on any atom is 0.159 e. The molecule has 0 radical (unpaired) electrons. The Morgan fingerprint density at radius 2 is 1.93 bits per heavy atom. The molecule has 0 fully saturated rings. The fourth-order valence-corrected chi connectivity index (χ4v) is 3.08. The first-order valence-electron chi connectivity index (χ1n) is 4.37. The summed E-state index contributed by atoms with van der Waals surface area (Å²) in [6.45, 7) is 4.17. The highest BCUT2D eigenvalue weighted by Crippen LogP contribution is 2.34. The topological polar surface area (TPSA) is 12.9 Å². The molecule has 0 aliphatic rings. The zero-order chi connectivity index (χ0) is 10.1. The normalized spacial score (nSPS) is 10.5. The van der Waals surface area contributed by atoms with E-state index in [4.69, 9.17) is 0 Å². The Kier molecular flexibility index (Phi) is 2.70. The zero-order valence-electron chi connectivity index (χ0n) is 8.04. The van der Waals surface area contributed by atoms with Crippen molar-refractivity contribution in [3.05, 3.63) is 39.4 Å². The van der Waals surface area contributed by atoms with Gasteiger partial charge in [0.15, 0.2) is 3.92 Å². The van der Waals surface area contributed by atoms with Crippen LogP contribution < -0.4 is 0 Å². The lowest BCUT2D eigenvalue weighted by Crippen LogP contribution is -1.81. The molecule has 0 bridgehead atoms. The molecular weight excluding hydrogens is 258 g/mol. The van der Waals surface area contributed by atoms with Crippen molar-refractivity contribution in [2.75, 3.05) is 0 Å². The molecule has 1 heterocycles. The van der Waals surface area contributed by atoms with Crippen LogP contribution in [0.5, 0.6) is 0 Å². The average molecular weight is 268 g/mol. The summed E-state index contributed by atoms with van der Waals surface area (Å²) < 4.78 is 0.952. The number of aromatic nitrogens is 1. The highest BCUT2D eigenvalue weighted by molar-refractivity contribution is 9.11. The molecule has 0 saturated heterocycles. The summed E-state index contributed by atoms with van der Waals surface area (Å²) in [5, 5.41) is 0. The molecule has 0 aliphatic carbocycles. The second-order valence-corrected chi connectivity index (χ2v) is 5.47. The number of benzene rings is 1. The minimum atomic E-state index is 0.952. The standard InChI is InChI=1S/C11H10BrNS/c1-7-5-3-4-6-9(7)10-8(2)13-11(12)14-10/h3-6H,1-2H3. The van der Waals surface area contributed by atoms with E-state index in [1.54, 1.807) is 11.3 Å². The van der Waals surface area contributed by atoms with Gasteiger partial charge in [-0.2, -0.15) is 0 Å². The molecule has 1 aromatic heterocycles. The highest BCUT2D eigenvalue weighted by atomic mass is 79.9. The van der Waals surface area contributed by atoms with Gasteiger partial charge in [0.25, 0.3) is 0 Å². The van der Waals surface area contributed by atoms with Gasteiger partial charge in [-0.15, -0.1) is 11.3 Å². The first-order valence-corrected chi connectivity index (χ1v) is 5.98. The Balaban J connectivity index is 2.60. The van der Waals surface area contributed by atoms with Crippen LogP contribution in [0.15, 0.2) is 28.2 Å². The average Bonchev–Trinajstić information content (AvgIpc) is 2.46. The number of hydrogen-bond acceptors (Lipinski definition) is 2. The third kappa shape index (κ3) is 1.74. The third-order valence-electron chi connectivity index (χ3n) is 2.16. The van der Waals surface area contributed by atoms with Gasteiger partial charge in [-0.1, -0.05) is 24.3 Å². The molecule has 3 heteroatoms. The molecule has 0 saturated carbocycles. The fourth-order valence-electron chi connectivity index (χ4n) is 1.44. The van der Waals surface area contributed by atoms with Crippen LogP contribution in [0, 0.1) is 13.8 Å². The second-order valence-electron chi connectivity index (χ2n) is 3.20. The first-order chi connectivity index (χ1) is 6.68. The Morgan fingerprint density at radius 3 is 2.50 bits per heavy atom. The summed E-state index contributed by atoms with van der Waals surface area (Å²) in [5.74, 6) is 0. The van der Waals surface area contributed by atoms with Gasteiger partial charge in [0.2, 0.25) is 0 Å². The second kappa shape index (κ2) is 3.83. The minimum absolute atomic E-state index is 0.952.